The van der Waals surface area contributed by atoms with Gasteiger partial charge in [0.2, 0.25) is 0 Å². The number of hydrogen-bond acceptors (Lipinski definition) is 5. The molecule has 1 heterocycles. The van der Waals surface area contributed by atoms with E-state index in [2.05, 4.69) is 10.5 Å². The van der Waals surface area contributed by atoms with Crippen molar-refractivity contribution in [2.24, 2.45) is 5.10 Å². The zero-order valence-electron chi connectivity index (χ0n) is 14.0. The molecule has 130 valence electrons. The SMILES string of the molecule is Cc1ccccc1OCC(=O)N/N=C\c1cccc(OC2CSC2)c1. The minimum atomic E-state index is -0.307. The van der Waals surface area contributed by atoms with E-state index >= 15 is 0 Å². The normalized spacial score (nSPS) is 14.1. The number of aryl methyl sites for hydroxylation is 1. The van der Waals surface area contributed by atoms with Crippen LogP contribution in [0, 0.1) is 6.92 Å². The molecule has 1 fully saturated rings. The minimum Gasteiger partial charge on any atom is -0.489 e. The predicted octanol–water partition coefficient (Wildman–Crippen LogP) is 3.02. The summed E-state index contributed by atoms with van der Waals surface area (Å²) in [5.74, 6) is 3.28. The van der Waals surface area contributed by atoms with Gasteiger partial charge in [0, 0.05) is 11.5 Å². The highest BCUT2D eigenvalue weighted by Crippen LogP contribution is 2.24. The van der Waals surface area contributed by atoms with Crippen LogP contribution in [0.1, 0.15) is 11.1 Å². The van der Waals surface area contributed by atoms with Crippen molar-refractivity contribution in [3.63, 3.8) is 0 Å². The highest BCUT2D eigenvalue weighted by molar-refractivity contribution is 8.00. The van der Waals surface area contributed by atoms with E-state index in [1.807, 2.05) is 67.2 Å². The second-order valence-electron chi connectivity index (χ2n) is 5.70. The first-order valence-corrected chi connectivity index (χ1v) is 9.21. The molecule has 25 heavy (non-hydrogen) atoms. The summed E-state index contributed by atoms with van der Waals surface area (Å²) in [5.41, 5.74) is 4.32. The van der Waals surface area contributed by atoms with Gasteiger partial charge in [-0.05, 0) is 36.2 Å². The fourth-order valence-electron chi connectivity index (χ4n) is 2.22. The molecular formula is C19H20N2O3S. The highest BCUT2D eigenvalue weighted by Gasteiger charge is 2.19. The number of hydrazone groups is 1. The molecule has 0 aliphatic carbocycles. The summed E-state index contributed by atoms with van der Waals surface area (Å²) in [4.78, 5) is 11.8. The number of rotatable bonds is 7. The first kappa shape index (κ1) is 17.4. The topological polar surface area (TPSA) is 59.9 Å². The number of carbonyl (C=O) groups is 1. The molecule has 1 aliphatic heterocycles. The maximum atomic E-state index is 11.8. The fourth-order valence-corrected chi connectivity index (χ4v) is 2.78. The molecule has 3 rings (SSSR count). The molecule has 0 bridgehead atoms. The molecule has 2 aromatic carbocycles. The lowest BCUT2D eigenvalue weighted by molar-refractivity contribution is -0.123. The van der Waals surface area contributed by atoms with Gasteiger partial charge >= 0.3 is 0 Å². The van der Waals surface area contributed by atoms with Crippen molar-refractivity contribution in [3.05, 3.63) is 59.7 Å². The van der Waals surface area contributed by atoms with Gasteiger partial charge in [-0.3, -0.25) is 4.79 Å². The van der Waals surface area contributed by atoms with Crippen LogP contribution in [0.5, 0.6) is 11.5 Å². The lowest BCUT2D eigenvalue weighted by Crippen LogP contribution is -2.31. The molecule has 0 aromatic heterocycles. The highest BCUT2D eigenvalue weighted by atomic mass is 32.2. The summed E-state index contributed by atoms with van der Waals surface area (Å²) in [6.45, 7) is 1.85. The van der Waals surface area contributed by atoms with E-state index in [4.69, 9.17) is 9.47 Å². The summed E-state index contributed by atoms with van der Waals surface area (Å²) in [6.07, 6.45) is 1.89. The van der Waals surface area contributed by atoms with Gasteiger partial charge < -0.3 is 9.47 Å². The molecule has 2 aromatic rings. The molecule has 0 atom stereocenters. The van der Waals surface area contributed by atoms with Crippen LogP contribution in [0.25, 0.3) is 0 Å². The second kappa shape index (κ2) is 8.58. The van der Waals surface area contributed by atoms with Gasteiger partial charge in [0.15, 0.2) is 6.61 Å². The lowest BCUT2D eigenvalue weighted by atomic mass is 10.2. The third-order valence-electron chi connectivity index (χ3n) is 3.62. The standard InChI is InChI=1S/C19H20N2O3S/c1-14-5-2-3-8-18(14)23-11-19(22)21-20-10-15-6-4-7-16(9-15)24-17-12-25-13-17/h2-10,17H,11-13H2,1H3,(H,21,22)/b20-10-. The Morgan fingerprint density at radius 2 is 2.12 bits per heavy atom. The number of nitrogens with one attached hydrogen (secondary N) is 1. The Bertz CT molecular complexity index is 760. The Balaban J connectivity index is 1.46. The molecule has 0 spiro atoms. The monoisotopic (exact) mass is 356 g/mol. The van der Waals surface area contributed by atoms with Gasteiger partial charge in [-0.15, -0.1) is 0 Å². The van der Waals surface area contributed by atoms with Crippen molar-refractivity contribution in [3.8, 4) is 11.5 Å². The summed E-state index contributed by atoms with van der Waals surface area (Å²) >= 11 is 1.88. The van der Waals surface area contributed by atoms with E-state index in [0.29, 0.717) is 11.9 Å². The van der Waals surface area contributed by atoms with Crippen LogP contribution in [0.2, 0.25) is 0 Å². The number of hydrogen-bond donors (Lipinski definition) is 1. The van der Waals surface area contributed by atoms with Crippen molar-refractivity contribution in [2.45, 2.75) is 13.0 Å². The minimum absolute atomic E-state index is 0.0787. The molecule has 0 radical (unpaired) electrons. The third kappa shape index (κ3) is 5.26. The van der Waals surface area contributed by atoms with Gasteiger partial charge in [-0.1, -0.05) is 30.3 Å². The summed E-state index contributed by atoms with van der Waals surface area (Å²) in [7, 11) is 0. The van der Waals surface area contributed by atoms with Gasteiger partial charge in [-0.2, -0.15) is 16.9 Å². The van der Waals surface area contributed by atoms with Crippen molar-refractivity contribution < 1.29 is 14.3 Å². The molecule has 0 saturated carbocycles. The van der Waals surface area contributed by atoms with Crippen LogP contribution in [0.4, 0.5) is 0 Å². The zero-order chi connectivity index (χ0) is 17.5. The Morgan fingerprint density at radius 1 is 1.28 bits per heavy atom. The summed E-state index contributed by atoms with van der Waals surface area (Å²) in [6, 6.07) is 15.2. The van der Waals surface area contributed by atoms with Crippen molar-refractivity contribution >= 4 is 23.9 Å². The van der Waals surface area contributed by atoms with E-state index in [1.165, 1.54) is 0 Å². The van der Waals surface area contributed by atoms with Crippen LogP contribution in [0.15, 0.2) is 53.6 Å². The van der Waals surface area contributed by atoms with Crippen LogP contribution in [-0.4, -0.2) is 36.3 Å². The van der Waals surface area contributed by atoms with E-state index < -0.39 is 0 Å². The quantitative estimate of drug-likeness (QED) is 0.612. The average molecular weight is 356 g/mol. The summed E-state index contributed by atoms with van der Waals surface area (Å²) in [5, 5.41) is 3.97. The van der Waals surface area contributed by atoms with E-state index in [9.17, 15) is 4.79 Å². The molecule has 1 aliphatic rings. The number of amides is 1. The lowest BCUT2D eigenvalue weighted by Gasteiger charge is -2.25. The van der Waals surface area contributed by atoms with Crippen LogP contribution in [-0.2, 0) is 4.79 Å². The maximum absolute atomic E-state index is 11.8. The second-order valence-corrected chi connectivity index (χ2v) is 6.77. The maximum Gasteiger partial charge on any atom is 0.277 e. The first-order chi connectivity index (χ1) is 12.2. The number of benzene rings is 2. The molecule has 0 unspecified atom stereocenters. The van der Waals surface area contributed by atoms with Crippen molar-refractivity contribution in [2.75, 3.05) is 18.1 Å². The largest absolute Gasteiger partial charge is 0.489 e. The number of carbonyl (C=O) groups excluding carboxylic acids is 1. The molecule has 1 saturated heterocycles. The van der Waals surface area contributed by atoms with Crippen molar-refractivity contribution in [1.82, 2.24) is 5.43 Å². The van der Waals surface area contributed by atoms with Crippen LogP contribution < -0.4 is 14.9 Å². The third-order valence-corrected chi connectivity index (χ3v) is 4.84. The Morgan fingerprint density at radius 3 is 2.88 bits per heavy atom. The number of para-hydroxylation sites is 1. The molecular weight excluding hydrogens is 336 g/mol. The molecule has 1 N–H and O–H groups in total. The number of nitrogens with zero attached hydrogens (tertiary/aromatic N) is 1. The van der Waals surface area contributed by atoms with Crippen LogP contribution >= 0.6 is 11.8 Å². The Kier molecular flexibility index (Phi) is 5.95. The molecule has 6 heteroatoms. The van der Waals surface area contributed by atoms with Crippen molar-refractivity contribution in [1.29, 1.82) is 0 Å². The van der Waals surface area contributed by atoms with E-state index in [-0.39, 0.29) is 12.5 Å². The van der Waals surface area contributed by atoms with Gasteiger partial charge in [0.05, 0.1) is 6.21 Å². The molecule has 1 amide bonds. The van der Waals surface area contributed by atoms with E-state index in [0.717, 1.165) is 28.4 Å². The van der Waals surface area contributed by atoms with Gasteiger partial charge in [0.25, 0.3) is 5.91 Å². The van der Waals surface area contributed by atoms with Crippen LogP contribution in [0.3, 0.4) is 0 Å². The summed E-state index contributed by atoms with van der Waals surface area (Å²) < 4.78 is 11.3. The number of ether oxygens (including phenoxy) is 2. The Hall–Kier alpha value is -2.47. The van der Waals surface area contributed by atoms with Gasteiger partial charge in [0.1, 0.15) is 17.6 Å². The Labute approximate surface area is 151 Å². The number of thioether (sulfide) groups is 1. The van der Waals surface area contributed by atoms with E-state index in [1.54, 1.807) is 6.21 Å². The average Bonchev–Trinajstić information content (AvgIpc) is 2.58. The smallest absolute Gasteiger partial charge is 0.277 e. The van der Waals surface area contributed by atoms with Gasteiger partial charge in [-0.25, -0.2) is 5.43 Å². The predicted molar refractivity (Wildman–Crippen MR) is 101 cm³/mol. The zero-order valence-corrected chi connectivity index (χ0v) is 14.8. The fraction of sp³-hybridized carbons (Fsp3) is 0.263. The molecule has 5 nitrogen and oxygen atoms in total. The first-order valence-electron chi connectivity index (χ1n) is 8.05.